The van der Waals surface area contributed by atoms with Crippen LogP contribution in [0.3, 0.4) is 0 Å². The molecule has 4 nitrogen and oxygen atoms in total. The van der Waals surface area contributed by atoms with Crippen LogP contribution in [0, 0.1) is 5.82 Å². The molecule has 1 N–H and O–H groups in total. The minimum absolute atomic E-state index is 0.276. The Morgan fingerprint density at radius 3 is 2.22 bits per heavy atom. The van der Waals surface area contributed by atoms with E-state index in [4.69, 9.17) is 14.6 Å². The molecule has 0 aromatic heterocycles. The molecule has 27 heavy (non-hydrogen) atoms. The number of rotatable bonds is 8. The summed E-state index contributed by atoms with van der Waals surface area (Å²) in [5.41, 5.74) is 3.05. The molecule has 0 fully saturated rings. The number of aryl methyl sites for hydroxylation is 2. The van der Waals surface area contributed by atoms with E-state index < -0.39 is 0 Å². The molecule has 0 unspecified atom stereocenters. The third-order valence-electron chi connectivity index (χ3n) is 3.47. The molecule has 148 valence electrons. The fourth-order valence-corrected chi connectivity index (χ4v) is 2.37. The molecule has 0 atom stereocenters. The quantitative estimate of drug-likeness (QED) is 0.698. The van der Waals surface area contributed by atoms with Crippen LogP contribution in [0.25, 0.3) is 0 Å². The van der Waals surface area contributed by atoms with Gasteiger partial charge >= 0.3 is 0 Å². The van der Waals surface area contributed by atoms with Crippen molar-refractivity contribution in [1.29, 1.82) is 0 Å². The number of aliphatic hydroxyl groups is 1. The number of carbonyl (C=O) groups is 2. The maximum Gasteiger partial charge on any atom is 0.165 e. The largest absolute Gasteiger partial charge is 0.486 e. The molecule has 2 aromatic rings. The van der Waals surface area contributed by atoms with E-state index in [1.807, 2.05) is 30.3 Å². The van der Waals surface area contributed by atoms with Crippen molar-refractivity contribution in [2.24, 2.45) is 0 Å². The van der Waals surface area contributed by atoms with Gasteiger partial charge in [-0.1, -0.05) is 43.7 Å². The number of ether oxygens (including phenoxy) is 1. The zero-order valence-electron chi connectivity index (χ0n) is 16.3. The molecule has 0 spiro atoms. The molecule has 0 aliphatic carbocycles. The van der Waals surface area contributed by atoms with Gasteiger partial charge in [0.25, 0.3) is 0 Å². The van der Waals surface area contributed by atoms with Crippen LogP contribution < -0.4 is 4.74 Å². The lowest BCUT2D eigenvalue weighted by molar-refractivity contribution is -0.108. The van der Waals surface area contributed by atoms with E-state index >= 15 is 0 Å². The van der Waals surface area contributed by atoms with Crippen molar-refractivity contribution >= 4 is 12.6 Å². The monoisotopic (exact) mass is 376 g/mol. The average Bonchev–Trinajstić information content (AvgIpc) is 2.68. The fourth-order valence-electron chi connectivity index (χ4n) is 2.37. The molecule has 0 saturated heterocycles. The third-order valence-corrected chi connectivity index (χ3v) is 3.47. The van der Waals surface area contributed by atoms with Crippen molar-refractivity contribution in [3.8, 4) is 5.75 Å². The van der Waals surface area contributed by atoms with Crippen molar-refractivity contribution in [2.45, 2.75) is 46.1 Å². The van der Waals surface area contributed by atoms with Crippen LogP contribution in [-0.2, 0) is 29.0 Å². The first kappa shape index (κ1) is 24.5. The Kier molecular flexibility index (Phi) is 14.2. The maximum atomic E-state index is 14.0. The van der Waals surface area contributed by atoms with Crippen molar-refractivity contribution < 1.29 is 23.8 Å². The van der Waals surface area contributed by atoms with Crippen LogP contribution in [0.4, 0.5) is 4.39 Å². The molecule has 2 aromatic carbocycles. The van der Waals surface area contributed by atoms with Gasteiger partial charge in [-0.25, -0.2) is 4.39 Å². The summed E-state index contributed by atoms with van der Waals surface area (Å²) >= 11 is 0. The van der Waals surface area contributed by atoms with Crippen LogP contribution in [0.1, 0.15) is 43.4 Å². The Morgan fingerprint density at radius 2 is 1.63 bits per heavy atom. The summed E-state index contributed by atoms with van der Waals surface area (Å²) in [5.74, 6) is -0.0405. The van der Waals surface area contributed by atoms with Gasteiger partial charge in [0, 0.05) is 13.5 Å². The van der Waals surface area contributed by atoms with Gasteiger partial charge in [0.15, 0.2) is 11.6 Å². The first-order chi connectivity index (χ1) is 13.1. The number of carbonyl (C=O) groups excluding carboxylic acids is 2. The number of aldehydes is 2. The Labute approximate surface area is 161 Å². The van der Waals surface area contributed by atoms with Crippen LogP contribution in [-0.4, -0.2) is 24.8 Å². The summed E-state index contributed by atoms with van der Waals surface area (Å²) in [6.45, 7) is 3.83. The molecule has 2 rings (SSSR count). The summed E-state index contributed by atoms with van der Waals surface area (Å²) in [6.07, 6.45) is 4.76. The Balaban J connectivity index is 0.00000123. The third kappa shape index (κ3) is 10.3. The van der Waals surface area contributed by atoms with Crippen LogP contribution in [0.15, 0.2) is 42.5 Å². The van der Waals surface area contributed by atoms with Gasteiger partial charge in [0.2, 0.25) is 0 Å². The topological polar surface area (TPSA) is 63.6 Å². The Hall–Kier alpha value is -2.53. The minimum Gasteiger partial charge on any atom is -0.486 e. The van der Waals surface area contributed by atoms with Gasteiger partial charge in [-0.2, -0.15) is 0 Å². The second kappa shape index (κ2) is 15.7. The highest BCUT2D eigenvalue weighted by Crippen LogP contribution is 2.20. The first-order valence-electron chi connectivity index (χ1n) is 8.91. The fraction of sp³-hybridized carbons (Fsp3) is 0.364. The SMILES string of the molecule is CC=O.CCCc1ccc(OCc2cccc(CCC=O)c2)c(F)c1.CO. The van der Waals surface area contributed by atoms with Gasteiger partial charge < -0.3 is 19.4 Å². The normalized spacial score (nSPS) is 9.22. The molecule has 0 radical (unpaired) electrons. The molecule has 0 bridgehead atoms. The molecule has 0 aliphatic heterocycles. The van der Waals surface area contributed by atoms with Gasteiger partial charge in [0.05, 0.1) is 0 Å². The number of aliphatic hydroxyl groups excluding tert-OH is 1. The highest BCUT2D eigenvalue weighted by molar-refractivity contribution is 5.50. The molecule has 5 heteroatoms. The van der Waals surface area contributed by atoms with Gasteiger partial charge in [-0.3, -0.25) is 0 Å². The highest BCUT2D eigenvalue weighted by atomic mass is 19.1. The van der Waals surface area contributed by atoms with Crippen molar-refractivity contribution in [1.82, 2.24) is 0 Å². The molecule has 0 amide bonds. The predicted molar refractivity (Wildman–Crippen MR) is 105 cm³/mol. The number of benzene rings is 2. The van der Waals surface area contributed by atoms with E-state index in [2.05, 4.69) is 6.92 Å². The summed E-state index contributed by atoms with van der Waals surface area (Å²) in [4.78, 5) is 19.2. The summed E-state index contributed by atoms with van der Waals surface area (Å²) in [5, 5.41) is 7.00. The Bertz CT molecular complexity index is 671. The van der Waals surface area contributed by atoms with Crippen molar-refractivity contribution in [3.05, 3.63) is 65.0 Å². The lowest BCUT2D eigenvalue weighted by atomic mass is 10.1. The number of halogens is 1. The van der Waals surface area contributed by atoms with Gasteiger partial charge in [-0.15, -0.1) is 0 Å². The van der Waals surface area contributed by atoms with Crippen molar-refractivity contribution in [2.75, 3.05) is 7.11 Å². The smallest absolute Gasteiger partial charge is 0.165 e. The van der Waals surface area contributed by atoms with E-state index in [9.17, 15) is 9.18 Å². The Morgan fingerprint density at radius 1 is 1.00 bits per heavy atom. The van der Waals surface area contributed by atoms with E-state index in [1.165, 1.54) is 6.92 Å². The number of hydrogen-bond acceptors (Lipinski definition) is 4. The molecular formula is C22H29FO4. The van der Waals surface area contributed by atoms with Gasteiger partial charge in [0.1, 0.15) is 19.2 Å². The minimum atomic E-state index is -0.317. The van der Waals surface area contributed by atoms with Crippen LogP contribution >= 0.6 is 0 Å². The zero-order valence-corrected chi connectivity index (χ0v) is 16.3. The summed E-state index contributed by atoms with van der Waals surface area (Å²) in [6, 6.07) is 13.0. The molecule has 0 heterocycles. The van der Waals surface area contributed by atoms with E-state index in [0.29, 0.717) is 13.0 Å². The van der Waals surface area contributed by atoms with Gasteiger partial charge in [-0.05, 0) is 48.6 Å². The second-order valence-corrected chi connectivity index (χ2v) is 5.56. The highest BCUT2D eigenvalue weighted by Gasteiger charge is 2.05. The first-order valence-corrected chi connectivity index (χ1v) is 8.91. The second-order valence-electron chi connectivity index (χ2n) is 5.56. The summed E-state index contributed by atoms with van der Waals surface area (Å²) < 4.78 is 19.5. The molecule has 0 saturated carbocycles. The lowest BCUT2D eigenvalue weighted by Crippen LogP contribution is -1.99. The maximum absolute atomic E-state index is 14.0. The average molecular weight is 376 g/mol. The van der Waals surface area contributed by atoms with Crippen molar-refractivity contribution in [3.63, 3.8) is 0 Å². The zero-order chi connectivity index (χ0) is 20.5. The number of hydrogen-bond donors (Lipinski definition) is 1. The molecule has 0 aliphatic rings. The predicted octanol–water partition coefficient (Wildman–Crippen LogP) is 4.30. The van der Waals surface area contributed by atoms with E-state index in [0.717, 1.165) is 55.6 Å². The van der Waals surface area contributed by atoms with E-state index in [1.54, 1.807) is 12.1 Å². The van der Waals surface area contributed by atoms with Crippen LogP contribution in [0.5, 0.6) is 5.75 Å². The standard InChI is InChI=1S/C19H21FO2.C2H4O.CH4O/c1-2-5-15-9-10-19(18(20)13-15)22-14-17-7-3-6-16(12-17)8-4-11-21;1-2-3;1-2/h3,6-7,9-13H,2,4-5,8,14H2,1H3;2H,1H3;2H,1H3. The van der Waals surface area contributed by atoms with E-state index in [-0.39, 0.29) is 11.6 Å². The van der Waals surface area contributed by atoms with Crippen LogP contribution in [0.2, 0.25) is 0 Å². The summed E-state index contributed by atoms with van der Waals surface area (Å²) in [7, 11) is 1.00. The lowest BCUT2D eigenvalue weighted by Gasteiger charge is -2.09. The molecular weight excluding hydrogens is 347 g/mol.